The molecular formula is C31H43F2N7OS. The number of nitrogens with one attached hydrogen (secondary N) is 2. The van der Waals surface area contributed by atoms with Crippen LogP contribution < -0.4 is 16.0 Å². The topological polar surface area (TPSA) is 115 Å². The predicted molar refractivity (Wildman–Crippen MR) is 171 cm³/mol. The monoisotopic (exact) mass is 599 g/mol. The zero-order chi connectivity index (χ0) is 31.4. The van der Waals surface area contributed by atoms with Crippen LogP contribution in [0.2, 0.25) is 0 Å². The van der Waals surface area contributed by atoms with Gasteiger partial charge in [-0.25, -0.2) is 13.8 Å². The van der Waals surface area contributed by atoms with Gasteiger partial charge in [-0.1, -0.05) is 12.5 Å². The summed E-state index contributed by atoms with van der Waals surface area (Å²) in [5.74, 6) is 0.157. The van der Waals surface area contributed by atoms with Crippen molar-refractivity contribution in [3.05, 3.63) is 69.8 Å². The number of aryl methyl sites for hydroxylation is 1. The minimum absolute atomic E-state index is 0.134. The second kappa shape index (κ2) is 13.7. The van der Waals surface area contributed by atoms with E-state index in [4.69, 9.17) is 10.7 Å². The summed E-state index contributed by atoms with van der Waals surface area (Å²) in [5.41, 5.74) is 9.44. The number of aromatic nitrogens is 2. The summed E-state index contributed by atoms with van der Waals surface area (Å²) < 4.78 is 30.2. The van der Waals surface area contributed by atoms with Gasteiger partial charge in [0.15, 0.2) is 17.5 Å². The average molecular weight is 600 g/mol. The van der Waals surface area contributed by atoms with Crippen molar-refractivity contribution < 1.29 is 13.9 Å². The lowest BCUT2D eigenvalue weighted by Crippen LogP contribution is -2.34. The number of H-pyrrole nitrogens is 1. The van der Waals surface area contributed by atoms with E-state index in [2.05, 4.69) is 27.4 Å². The fourth-order valence-corrected chi connectivity index (χ4v) is 5.25. The zero-order valence-electron chi connectivity index (χ0n) is 26.0. The molecule has 0 atom stereocenters. The Balaban J connectivity index is 2.33. The van der Waals surface area contributed by atoms with E-state index in [-0.39, 0.29) is 11.6 Å². The lowest BCUT2D eigenvalue weighted by atomic mass is 9.83. The van der Waals surface area contributed by atoms with Gasteiger partial charge in [0.05, 0.1) is 5.71 Å². The highest BCUT2D eigenvalue weighted by molar-refractivity contribution is 7.98. The van der Waals surface area contributed by atoms with Crippen LogP contribution in [0.3, 0.4) is 0 Å². The number of nitrogens with zero attached hydrogens (tertiary/aromatic N) is 4. The van der Waals surface area contributed by atoms with Crippen LogP contribution >= 0.6 is 11.8 Å². The highest BCUT2D eigenvalue weighted by atomic mass is 32.2. The summed E-state index contributed by atoms with van der Waals surface area (Å²) in [6.07, 6.45) is 5.80. The molecule has 1 aliphatic carbocycles. The van der Waals surface area contributed by atoms with E-state index >= 15 is 8.78 Å². The number of allylic oxidation sites excluding steroid dienone is 3. The molecule has 1 heterocycles. The first-order valence-electron chi connectivity index (χ1n) is 13.9. The van der Waals surface area contributed by atoms with Crippen LogP contribution in [0.5, 0.6) is 0 Å². The molecule has 0 saturated heterocycles. The Kier molecular flexibility index (Phi) is 10.8. The number of hydrogen-bond donors (Lipinski definition) is 4. The van der Waals surface area contributed by atoms with Crippen LogP contribution in [-0.4, -0.2) is 52.8 Å². The van der Waals surface area contributed by atoms with Gasteiger partial charge in [0.1, 0.15) is 22.9 Å². The van der Waals surface area contributed by atoms with Crippen molar-refractivity contribution in [1.29, 1.82) is 0 Å². The lowest BCUT2D eigenvalue weighted by Gasteiger charge is -2.28. The second-order valence-corrected chi connectivity index (χ2v) is 11.9. The molecule has 0 amide bonds. The number of anilines is 2. The van der Waals surface area contributed by atoms with Gasteiger partial charge in [-0.15, -0.1) is 11.8 Å². The predicted octanol–water partition coefficient (Wildman–Crippen LogP) is 6.72. The van der Waals surface area contributed by atoms with Crippen LogP contribution in [0, 0.1) is 24.5 Å². The van der Waals surface area contributed by atoms with Gasteiger partial charge in [0.25, 0.3) is 0 Å². The molecule has 1 saturated carbocycles. The van der Waals surface area contributed by atoms with Crippen molar-refractivity contribution in [2.75, 3.05) is 30.6 Å². The Bertz CT molecular complexity index is 1440. The largest absolute Gasteiger partial charge is 0.404 e. The van der Waals surface area contributed by atoms with E-state index in [1.165, 1.54) is 35.0 Å². The van der Waals surface area contributed by atoms with Crippen molar-refractivity contribution in [3.63, 3.8) is 0 Å². The number of halogens is 2. The van der Waals surface area contributed by atoms with E-state index in [9.17, 15) is 5.11 Å². The van der Waals surface area contributed by atoms with Gasteiger partial charge in [-0.2, -0.15) is 5.10 Å². The molecule has 5 N–H and O–H groups in total. The molecule has 228 valence electrons. The fraction of sp³-hybridized carbons (Fsp3) is 0.452. The zero-order valence-corrected chi connectivity index (χ0v) is 26.8. The minimum atomic E-state index is -1.27. The lowest BCUT2D eigenvalue weighted by molar-refractivity contribution is 0.154. The Hall–Kier alpha value is -3.44. The molecule has 0 bridgehead atoms. The summed E-state index contributed by atoms with van der Waals surface area (Å²) >= 11 is 1.27. The van der Waals surface area contributed by atoms with Gasteiger partial charge in [-0.3, -0.25) is 10.1 Å². The summed E-state index contributed by atoms with van der Waals surface area (Å²) in [6.45, 7) is 11.0. The SMILES string of the molecule is CC/C(C)=C(C(=C\N)\C(=NC)C(C)(C)O)/C(=C(\N=C(/C)N(C)c1c(F)cc(SC)cc1F)Nc1cc(C)[nH]n1)C1CC1. The first-order valence-corrected chi connectivity index (χ1v) is 15.2. The molecule has 0 radical (unpaired) electrons. The Morgan fingerprint density at radius 3 is 2.31 bits per heavy atom. The van der Waals surface area contributed by atoms with E-state index in [1.807, 2.05) is 19.9 Å². The minimum Gasteiger partial charge on any atom is -0.404 e. The first kappa shape index (κ1) is 33.1. The molecule has 1 aliphatic rings. The number of amidine groups is 1. The number of nitrogens with two attached hydrogens (primary N) is 1. The van der Waals surface area contributed by atoms with Crippen LogP contribution in [0.15, 0.2) is 67.4 Å². The molecule has 3 rings (SSSR count). The summed E-state index contributed by atoms with van der Waals surface area (Å²) in [7, 11) is 3.21. The standard InChI is InChI=1S/C31H43F2N7OS/c1-10-17(2)26(22(16-34)29(35-7)31(5,6)41)27(20-11-12-20)30(37-25-13-18(3)38-39-25)36-19(4)40(8)28-23(32)14-21(42-9)15-24(28)33/h13-16,20,41H,10-12,34H2,1-9H3,(H2,37,38,39)/b22-16-,26-17+,30-27+,35-29?,36-19+. The highest BCUT2D eigenvalue weighted by Crippen LogP contribution is 2.46. The number of aliphatic hydroxyl groups is 1. The van der Waals surface area contributed by atoms with Crippen molar-refractivity contribution >= 4 is 34.8 Å². The van der Waals surface area contributed by atoms with Gasteiger partial charge in [0.2, 0.25) is 0 Å². The van der Waals surface area contributed by atoms with E-state index in [0.29, 0.717) is 40.1 Å². The van der Waals surface area contributed by atoms with Crippen molar-refractivity contribution in [2.24, 2.45) is 21.6 Å². The molecule has 11 heteroatoms. The number of benzene rings is 1. The van der Waals surface area contributed by atoms with E-state index < -0.39 is 17.2 Å². The molecule has 1 fully saturated rings. The Morgan fingerprint density at radius 2 is 1.88 bits per heavy atom. The van der Waals surface area contributed by atoms with Crippen molar-refractivity contribution in [3.8, 4) is 0 Å². The third-order valence-corrected chi connectivity index (χ3v) is 7.94. The third kappa shape index (κ3) is 7.49. The highest BCUT2D eigenvalue weighted by Gasteiger charge is 2.37. The summed E-state index contributed by atoms with van der Waals surface area (Å²) in [6, 6.07) is 4.48. The average Bonchev–Trinajstić information content (AvgIpc) is 3.68. The molecule has 2 aromatic rings. The van der Waals surface area contributed by atoms with Crippen LogP contribution in [0.25, 0.3) is 0 Å². The van der Waals surface area contributed by atoms with Crippen LogP contribution in [0.1, 0.15) is 59.6 Å². The number of aliphatic imine (C=N–C) groups is 2. The molecule has 8 nitrogen and oxygen atoms in total. The molecule has 0 aliphatic heterocycles. The first-order chi connectivity index (χ1) is 19.8. The Labute approximate surface area is 252 Å². The number of thioether (sulfide) groups is 1. The van der Waals surface area contributed by atoms with Crippen LogP contribution in [0.4, 0.5) is 20.3 Å². The summed E-state index contributed by atoms with van der Waals surface area (Å²) in [5, 5.41) is 21.7. The fourth-order valence-electron chi connectivity index (χ4n) is 4.81. The maximum absolute atomic E-state index is 15.1. The molecule has 0 unspecified atom stereocenters. The smallest absolute Gasteiger partial charge is 0.153 e. The van der Waals surface area contributed by atoms with E-state index in [1.54, 1.807) is 41.1 Å². The third-order valence-electron chi connectivity index (χ3n) is 7.23. The maximum atomic E-state index is 15.1. The molecule has 0 spiro atoms. The van der Waals surface area contributed by atoms with Gasteiger partial charge < -0.3 is 21.1 Å². The van der Waals surface area contributed by atoms with E-state index in [0.717, 1.165) is 35.3 Å². The maximum Gasteiger partial charge on any atom is 0.153 e. The molecular weight excluding hydrogens is 556 g/mol. The second-order valence-electron chi connectivity index (χ2n) is 11.0. The van der Waals surface area contributed by atoms with Gasteiger partial charge in [-0.05, 0) is 83.8 Å². The quantitative estimate of drug-likeness (QED) is 0.0987. The number of rotatable bonds is 11. The molecule has 1 aromatic heterocycles. The van der Waals surface area contributed by atoms with Crippen molar-refractivity contribution in [1.82, 2.24) is 10.2 Å². The normalized spacial score (nSPS) is 16.3. The summed E-state index contributed by atoms with van der Waals surface area (Å²) in [4.78, 5) is 11.3. The van der Waals surface area contributed by atoms with Gasteiger partial charge >= 0.3 is 0 Å². The molecule has 42 heavy (non-hydrogen) atoms. The van der Waals surface area contributed by atoms with Crippen molar-refractivity contribution in [2.45, 2.75) is 71.3 Å². The molecule has 1 aromatic carbocycles. The number of hydrogen-bond acceptors (Lipinski definition) is 7. The van der Waals surface area contributed by atoms with Crippen LogP contribution in [-0.2, 0) is 0 Å². The van der Waals surface area contributed by atoms with Gasteiger partial charge in [0, 0.05) is 48.1 Å². The Morgan fingerprint density at radius 1 is 1.26 bits per heavy atom. The number of aromatic amines is 1.